The van der Waals surface area contributed by atoms with Crippen molar-refractivity contribution < 1.29 is 9.59 Å². The third kappa shape index (κ3) is 2.32. The molecule has 2 aliphatic carbocycles. The first-order chi connectivity index (χ1) is 8.39. The average Bonchev–Trinajstić information content (AvgIpc) is 2.86. The molecule has 2 atom stereocenters. The summed E-state index contributed by atoms with van der Waals surface area (Å²) in [5, 5.41) is 3.01. The third-order valence-electron chi connectivity index (χ3n) is 5.16. The first-order valence-corrected chi connectivity index (χ1v) is 7.21. The van der Waals surface area contributed by atoms with Gasteiger partial charge in [-0.3, -0.25) is 9.59 Å². The van der Waals surface area contributed by atoms with Gasteiger partial charge in [-0.2, -0.15) is 0 Å². The van der Waals surface area contributed by atoms with Gasteiger partial charge in [0.1, 0.15) is 5.78 Å². The quantitative estimate of drug-likeness (QED) is 0.816. The maximum Gasteiger partial charge on any atom is 0.225 e. The number of hydrogen-bond acceptors (Lipinski definition) is 2. The number of carbonyl (C=O) groups is 2. The van der Waals surface area contributed by atoms with Crippen LogP contribution in [0.1, 0.15) is 59.3 Å². The van der Waals surface area contributed by atoms with Gasteiger partial charge in [-0.05, 0) is 38.0 Å². The highest BCUT2D eigenvalue weighted by molar-refractivity contribution is 5.88. The molecule has 2 fully saturated rings. The van der Waals surface area contributed by atoms with Crippen LogP contribution in [0.5, 0.6) is 0 Å². The van der Waals surface area contributed by atoms with Crippen molar-refractivity contribution in [3.05, 3.63) is 0 Å². The monoisotopic (exact) mass is 251 g/mol. The summed E-state index contributed by atoms with van der Waals surface area (Å²) >= 11 is 0. The van der Waals surface area contributed by atoms with E-state index in [4.69, 9.17) is 0 Å². The molecule has 2 rings (SSSR count). The Balaban J connectivity index is 1.83. The first kappa shape index (κ1) is 13.6. The van der Waals surface area contributed by atoms with Crippen LogP contribution in [-0.2, 0) is 9.59 Å². The number of rotatable bonds is 5. The van der Waals surface area contributed by atoms with Gasteiger partial charge < -0.3 is 5.32 Å². The summed E-state index contributed by atoms with van der Waals surface area (Å²) < 4.78 is 0. The van der Waals surface area contributed by atoms with E-state index in [1.807, 2.05) is 20.8 Å². The van der Waals surface area contributed by atoms with E-state index in [1.165, 1.54) is 6.42 Å². The molecule has 0 aromatic heterocycles. The van der Waals surface area contributed by atoms with Crippen LogP contribution in [0.4, 0.5) is 0 Å². The zero-order chi connectivity index (χ0) is 13.4. The summed E-state index contributed by atoms with van der Waals surface area (Å²) in [4.78, 5) is 23.9. The Bertz CT molecular complexity index is 362. The van der Waals surface area contributed by atoms with Gasteiger partial charge in [0.2, 0.25) is 5.91 Å². The smallest absolute Gasteiger partial charge is 0.225 e. The van der Waals surface area contributed by atoms with E-state index < -0.39 is 0 Å². The second-order valence-corrected chi connectivity index (χ2v) is 6.76. The van der Waals surface area contributed by atoms with Crippen molar-refractivity contribution in [1.29, 1.82) is 0 Å². The topological polar surface area (TPSA) is 46.2 Å². The number of ketones is 1. The number of amides is 1. The van der Waals surface area contributed by atoms with Crippen LogP contribution in [0.2, 0.25) is 0 Å². The second-order valence-electron chi connectivity index (χ2n) is 6.76. The van der Waals surface area contributed by atoms with Crippen LogP contribution >= 0.6 is 0 Å². The van der Waals surface area contributed by atoms with Crippen LogP contribution in [0.3, 0.4) is 0 Å². The lowest BCUT2D eigenvalue weighted by molar-refractivity contribution is -0.131. The Morgan fingerprint density at radius 1 is 1.50 bits per heavy atom. The summed E-state index contributed by atoms with van der Waals surface area (Å²) in [6, 6.07) is 0. The summed E-state index contributed by atoms with van der Waals surface area (Å²) in [6.07, 6.45) is 5.79. The summed E-state index contributed by atoms with van der Waals surface area (Å²) in [7, 11) is 0. The number of carbonyl (C=O) groups excluding carboxylic acids is 2. The first-order valence-electron chi connectivity index (χ1n) is 7.21. The SMILES string of the molecule is CCC(C)(C)C(=O)NCCC12CCC(CC1=O)C2. The molecular formula is C15H25NO2. The van der Waals surface area contributed by atoms with E-state index in [-0.39, 0.29) is 16.7 Å². The molecule has 1 N–H and O–H groups in total. The summed E-state index contributed by atoms with van der Waals surface area (Å²) in [6.45, 7) is 6.61. The molecule has 2 unspecified atom stereocenters. The zero-order valence-corrected chi connectivity index (χ0v) is 11.8. The number of hydrogen-bond donors (Lipinski definition) is 1. The summed E-state index contributed by atoms with van der Waals surface area (Å²) in [5.74, 6) is 1.20. The third-order valence-corrected chi connectivity index (χ3v) is 5.16. The average molecular weight is 251 g/mol. The van der Waals surface area contributed by atoms with E-state index in [0.717, 1.165) is 32.1 Å². The highest BCUT2D eigenvalue weighted by Crippen LogP contribution is 2.53. The molecule has 1 amide bonds. The Morgan fingerprint density at radius 3 is 2.72 bits per heavy atom. The van der Waals surface area contributed by atoms with Crippen molar-refractivity contribution in [3.8, 4) is 0 Å². The molecule has 102 valence electrons. The molecule has 0 saturated heterocycles. The van der Waals surface area contributed by atoms with Gasteiger partial charge >= 0.3 is 0 Å². The Kier molecular flexibility index (Phi) is 3.52. The molecule has 18 heavy (non-hydrogen) atoms. The normalized spacial score (nSPS) is 30.8. The van der Waals surface area contributed by atoms with Crippen molar-refractivity contribution >= 4 is 11.7 Å². The van der Waals surface area contributed by atoms with Gasteiger partial charge in [0, 0.05) is 23.8 Å². The van der Waals surface area contributed by atoms with E-state index >= 15 is 0 Å². The van der Waals surface area contributed by atoms with Gasteiger partial charge in [0.05, 0.1) is 0 Å². The lowest BCUT2D eigenvalue weighted by atomic mass is 9.80. The van der Waals surface area contributed by atoms with Crippen molar-refractivity contribution in [1.82, 2.24) is 5.32 Å². The van der Waals surface area contributed by atoms with Crippen molar-refractivity contribution in [2.45, 2.75) is 59.3 Å². The van der Waals surface area contributed by atoms with Gasteiger partial charge in [-0.25, -0.2) is 0 Å². The fourth-order valence-electron chi connectivity index (χ4n) is 3.32. The largest absolute Gasteiger partial charge is 0.356 e. The predicted octanol–water partition coefficient (Wildman–Crippen LogP) is 2.69. The number of Topliss-reactive ketones (excluding diaryl/α,β-unsaturated/α-hetero) is 1. The maximum absolute atomic E-state index is 12.0. The van der Waals surface area contributed by atoms with Gasteiger partial charge in [-0.1, -0.05) is 20.8 Å². The minimum atomic E-state index is -0.296. The van der Waals surface area contributed by atoms with Crippen LogP contribution in [0.15, 0.2) is 0 Å². The predicted molar refractivity (Wildman–Crippen MR) is 71.1 cm³/mol. The van der Waals surface area contributed by atoms with Crippen molar-refractivity contribution in [2.24, 2.45) is 16.7 Å². The van der Waals surface area contributed by atoms with Crippen molar-refractivity contribution in [3.63, 3.8) is 0 Å². The fraction of sp³-hybridized carbons (Fsp3) is 0.867. The second kappa shape index (κ2) is 4.67. The van der Waals surface area contributed by atoms with E-state index in [9.17, 15) is 9.59 Å². The highest BCUT2D eigenvalue weighted by Gasteiger charge is 2.50. The van der Waals surface area contributed by atoms with Crippen LogP contribution < -0.4 is 5.32 Å². The molecule has 2 saturated carbocycles. The Hall–Kier alpha value is -0.860. The molecule has 0 spiro atoms. The minimum Gasteiger partial charge on any atom is -0.356 e. The Morgan fingerprint density at radius 2 is 2.22 bits per heavy atom. The number of nitrogens with one attached hydrogen (secondary N) is 1. The molecule has 2 aliphatic rings. The van der Waals surface area contributed by atoms with Gasteiger partial charge in [-0.15, -0.1) is 0 Å². The molecule has 3 heteroatoms. The Labute approximate surface area is 110 Å². The molecule has 0 radical (unpaired) electrons. The molecule has 0 aliphatic heterocycles. The molecule has 2 bridgehead atoms. The molecular weight excluding hydrogens is 226 g/mol. The lowest BCUT2D eigenvalue weighted by Crippen LogP contribution is -2.39. The summed E-state index contributed by atoms with van der Waals surface area (Å²) in [5.41, 5.74) is -0.371. The van der Waals surface area contributed by atoms with E-state index in [0.29, 0.717) is 18.2 Å². The highest BCUT2D eigenvalue weighted by atomic mass is 16.2. The molecule has 0 aromatic rings. The fourth-order valence-corrected chi connectivity index (χ4v) is 3.32. The molecule has 0 heterocycles. The van der Waals surface area contributed by atoms with Crippen LogP contribution in [0.25, 0.3) is 0 Å². The zero-order valence-electron chi connectivity index (χ0n) is 11.8. The van der Waals surface area contributed by atoms with E-state index in [1.54, 1.807) is 0 Å². The van der Waals surface area contributed by atoms with Gasteiger partial charge in [0.15, 0.2) is 0 Å². The molecule has 3 nitrogen and oxygen atoms in total. The molecule has 0 aromatic carbocycles. The van der Waals surface area contributed by atoms with Crippen molar-refractivity contribution in [2.75, 3.05) is 6.54 Å². The lowest BCUT2D eigenvalue weighted by Gasteiger charge is -2.26. The van der Waals surface area contributed by atoms with E-state index in [2.05, 4.69) is 5.32 Å². The van der Waals surface area contributed by atoms with Crippen LogP contribution in [-0.4, -0.2) is 18.2 Å². The minimum absolute atomic E-state index is 0.0751. The van der Waals surface area contributed by atoms with Gasteiger partial charge in [0.25, 0.3) is 0 Å². The maximum atomic E-state index is 12.0. The standard InChI is InChI=1S/C15H25NO2/c1-4-14(2,3)13(18)16-8-7-15-6-5-11(10-15)9-12(15)17/h11H,4-10H2,1-3H3,(H,16,18). The number of fused-ring (bicyclic) bond motifs is 2. The van der Waals surface area contributed by atoms with Crippen LogP contribution in [0, 0.1) is 16.7 Å².